The van der Waals surface area contributed by atoms with Gasteiger partial charge in [0.1, 0.15) is 0 Å². The average molecular weight is 198 g/mol. The molecule has 1 saturated heterocycles. The van der Waals surface area contributed by atoms with Gasteiger partial charge in [-0.05, 0) is 19.4 Å². The maximum absolute atomic E-state index is 13.0. The zero-order valence-corrected chi connectivity index (χ0v) is 7.89. The van der Waals surface area contributed by atoms with Gasteiger partial charge in [-0.3, -0.25) is 0 Å². The monoisotopic (exact) mass is 197 g/mol. The number of nitrogens with one attached hydrogen (secondary N) is 1. The lowest BCUT2D eigenvalue weighted by atomic mass is 9.94. The Morgan fingerprint density at radius 2 is 2.00 bits per heavy atom. The van der Waals surface area contributed by atoms with Gasteiger partial charge in [-0.2, -0.15) is 0 Å². The molecular formula is C8H14ClF2N. The van der Waals surface area contributed by atoms with Crippen molar-refractivity contribution in [3.63, 3.8) is 0 Å². The fraction of sp³-hybridized carbons (Fsp3) is 1.00. The minimum Gasteiger partial charge on any atom is -0.316 e. The van der Waals surface area contributed by atoms with E-state index >= 15 is 0 Å². The van der Waals surface area contributed by atoms with Gasteiger partial charge >= 0.3 is 0 Å². The predicted molar refractivity (Wildman–Crippen MR) is 45.9 cm³/mol. The van der Waals surface area contributed by atoms with Gasteiger partial charge in [0.15, 0.2) is 0 Å². The van der Waals surface area contributed by atoms with E-state index in [0.29, 0.717) is 13.0 Å². The van der Waals surface area contributed by atoms with Crippen LogP contribution < -0.4 is 5.32 Å². The summed E-state index contributed by atoms with van der Waals surface area (Å²) < 4.78 is 26.1. The third-order valence-corrected chi connectivity index (χ3v) is 3.37. The number of rotatable bonds is 0. The SMILES string of the molecule is CC1C(F)(F)C12CCCNC2.Cl. The molecule has 2 aliphatic rings. The molecule has 0 aromatic carbocycles. The zero-order chi connectivity index (χ0) is 8.11. The minimum absolute atomic E-state index is 0. The Morgan fingerprint density at radius 3 is 2.25 bits per heavy atom. The molecule has 0 aromatic rings. The van der Waals surface area contributed by atoms with E-state index in [-0.39, 0.29) is 12.4 Å². The molecule has 0 amide bonds. The van der Waals surface area contributed by atoms with Crippen molar-refractivity contribution < 1.29 is 8.78 Å². The lowest BCUT2D eigenvalue weighted by Gasteiger charge is -2.22. The molecule has 1 aliphatic carbocycles. The van der Waals surface area contributed by atoms with Gasteiger partial charge in [0.2, 0.25) is 0 Å². The summed E-state index contributed by atoms with van der Waals surface area (Å²) in [5, 5.41) is 3.04. The topological polar surface area (TPSA) is 12.0 Å². The van der Waals surface area contributed by atoms with E-state index < -0.39 is 17.3 Å². The molecule has 1 heterocycles. The first-order chi connectivity index (χ1) is 5.11. The first-order valence-corrected chi connectivity index (χ1v) is 4.20. The zero-order valence-electron chi connectivity index (χ0n) is 7.07. The van der Waals surface area contributed by atoms with Crippen molar-refractivity contribution in [1.29, 1.82) is 0 Å². The molecular weight excluding hydrogens is 184 g/mol. The van der Waals surface area contributed by atoms with Crippen molar-refractivity contribution in [3.05, 3.63) is 0 Å². The normalized spacial score (nSPS) is 43.8. The first-order valence-electron chi connectivity index (χ1n) is 4.20. The van der Waals surface area contributed by atoms with Crippen LogP contribution in [0.25, 0.3) is 0 Å². The van der Waals surface area contributed by atoms with Crippen molar-refractivity contribution in [1.82, 2.24) is 5.32 Å². The van der Waals surface area contributed by atoms with Crippen LogP contribution in [0, 0.1) is 11.3 Å². The fourth-order valence-corrected chi connectivity index (χ4v) is 2.29. The first kappa shape index (κ1) is 10.2. The highest BCUT2D eigenvalue weighted by atomic mass is 35.5. The summed E-state index contributed by atoms with van der Waals surface area (Å²) in [6, 6.07) is 0. The third kappa shape index (κ3) is 0.990. The second-order valence-corrected chi connectivity index (χ2v) is 3.78. The van der Waals surface area contributed by atoms with E-state index in [1.165, 1.54) is 0 Å². The average Bonchev–Trinajstić information content (AvgIpc) is 2.39. The molecule has 2 unspecified atom stereocenters. The minimum atomic E-state index is -2.39. The highest BCUT2D eigenvalue weighted by Gasteiger charge is 2.77. The Kier molecular flexibility index (Phi) is 2.39. The lowest BCUT2D eigenvalue weighted by Crippen LogP contribution is -2.34. The summed E-state index contributed by atoms with van der Waals surface area (Å²) in [6.07, 6.45) is 1.61. The van der Waals surface area contributed by atoms with Crippen molar-refractivity contribution in [2.75, 3.05) is 13.1 Å². The van der Waals surface area contributed by atoms with Crippen LogP contribution in [-0.4, -0.2) is 19.0 Å². The summed E-state index contributed by atoms with van der Waals surface area (Å²) in [4.78, 5) is 0. The second-order valence-electron chi connectivity index (χ2n) is 3.78. The number of alkyl halides is 2. The van der Waals surface area contributed by atoms with Crippen LogP contribution in [0.1, 0.15) is 19.8 Å². The molecule has 4 heteroatoms. The summed E-state index contributed by atoms with van der Waals surface area (Å²) in [5.41, 5.74) is -0.661. The number of hydrogen-bond donors (Lipinski definition) is 1. The Hall–Kier alpha value is 0.110. The standard InChI is InChI=1S/C8H13F2N.ClH/c1-6-7(8(6,9)10)3-2-4-11-5-7;/h6,11H,2-5H2,1H3;1H. The van der Waals surface area contributed by atoms with Crippen LogP contribution in [0.15, 0.2) is 0 Å². The quantitative estimate of drug-likeness (QED) is 0.627. The molecule has 1 aliphatic heterocycles. The summed E-state index contributed by atoms with van der Waals surface area (Å²) in [7, 11) is 0. The van der Waals surface area contributed by atoms with Crippen LogP contribution in [0.2, 0.25) is 0 Å². The van der Waals surface area contributed by atoms with Gasteiger partial charge < -0.3 is 5.32 Å². The Morgan fingerprint density at radius 1 is 1.42 bits per heavy atom. The van der Waals surface area contributed by atoms with Crippen LogP contribution in [0.5, 0.6) is 0 Å². The van der Waals surface area contributed by atoms with E-state index in [1.54, 1.807) is 6.92 Å². The highest BCUT2D eigenvalue weighted by molar-refractivity contribution is 5.85. The molecule has 0 bridgehead atoms. The van der Waals surface area contributed by atoms with Crippen molar-refractivity contribution in [2.24, 2.45) is 11.3 Å². The van der Waals surface area contributed by atoms with Gasteiger partial charge in [-0.25, -0.2) is 8.78 Å². The maximum atomic E-state index is 13.0. The van der Waals surface area contributed by atoms with E-state index in [0.717, 1.165) is 13.0 Å². The highest BCUT2D eigenvalue weighted by Crippen LogP contribution is 2.68. The molecule has 1 spiro atoms. The largest absolute Gasteiger partial charge is 0.316 e. The fourth-order valence-electron chi connectivity index (χ4n) is 2.29. The van der Waals surface area contributed by atoms with Crippen molar-refractivity contribution in [2.45, 2.75) is 25.7 Å². The van der Waals surface area contributed by atoms with Crippen LogP contribution in [0.3, 0.4) is 0 Å². The molecule has 72 valence electrons. The molecule has 1 N–H and O–H groups in total. The summed E-state index contributed by atoms with van der Waals surface area (Å²) >= 11 is 0. The van der Waals surface area contributed by atoms with Crippen LogP contribution >= 0.6 is 12.4 Å². The molecule has 12 heavy (non-hydrogen) atoms. The van der Waals surface area contributed by atoms with Gasteiger partial charge in [0.25, 0.3) is 5.92 Å². The van der Waals surface area contributed by atoms with Gasteiger partial charge in [-0.15, -0.1) is 12.4 Å². The second kappa shape index (κ2) is 2.81. The molecule has 0 aromatic heterocycles. The van der Waals surface area contributed by atoms with E-state index in [9.17, 15) is 8.78 Å². The molecule has 2 rings (SSSR count). The van der Waals surface area contributed by atoms with E-state index in [1.807, 2.05) is 0 Å². The van der Waals surface area contributed by atoms with Gasteiger partial charge in [-0.1, -0.05) is 6.92 Å². The number of piperidine rings is 1. The van der Waals surface area contributed by atoms with E-state index in [2.05, 4.69) is 5.32 Å². The Balaban J connectivity index is 0.000000720. The molecule has 2 atom stereocenters. The van der Waals surface area contributed by atoms with E-state index in [4.69, 9.17) is 0 Å². The lowest BCUT2D eigenvalue weighted by molar-refractivity contribution is 0.0493. The summed E-state index contributed by atoms with van der Waals surface area (Å²) in [5.74, 6) is -2.79. The number of halogens is 3. The Labute approximate surface area is 77.3 Å². The molecule has 1 saturated carbocycles. The summed E-state index contributed by atoms with van der Waals surface area (Å²) in [6.45, 7) is 3.08. The molecule has 1 nitrogen and oxygen atoms in total. The predicted octanol–water partition coefficient (Wildman–Crippen LogP) is 2.06. The molecule has 2 fully saturated rings. The van der Waals surface area contributed by atoms with Gasteiger partial charge in [0, 0.05) is 12.5 Å². The molecule has 0 radical (unpaired) electrons. The smallest absolute Gasteiger partial charge is 0.258 e. The van der Waals surface area contributed by atoms with Crippen molar-refractivity contribution >= 4 is 12.4 Å². The van der Waals surface area contributed by atoms with Crippen LogP contribution in [0.4, 0.5) is 8.78 Å². The number of hydrogen-bond acceptors (Lipinski definition) is 1. The maximum Gasteiger partial charge on any atom is 0.258 e. The Bertz CT molecular complexity index is 178. The van der Waals surface area contributed by atoms with Crippen LogP contribution in [-0.2, 0) is 0 Å². The van der Waals surface area contributed by atoms with Gasteiger partial charge in [0.05, 0.1) is 5.41 Å². The van der Waals surface area contributed by atoms with Crippen molar-refractivity contribution in [3.8, 4) is 0 Å². The third-order valence-electron chi connectivity index (χ3n) is 3.37.